The largest absolute Gasteiger partial charge is 0.411 e. The van der Waals surface area contributed by atoms with E-state index < -0.39 is 12.8 Å². The Kier molecular flexibility index (Phi) is 5.61. The molecule has 130 valence electrons. The first-order chi connectivity index (χ1) is 10.8. The molecular weight excluding hydrogens is 313 g/mol. The number of nitrogens with zero attached hydrogens (tertiary/aromatic N) is 4. The monoisotopic (exact) mass is 334 g/mol. The number of alkyl halides is 3. The van der Waals surface area contributed by atoms with Crippen molar-refractivity contribution >= 4 is 5.91 Å². The van der Waals surface area contributed by atoms with Crippen molar-refractivity contribution in [3.05, 3.63) is 11.6 Å². The minimum absolute atomic E-state index is 0.0435. The van der Waals surface area contributed by atoms with Crippen molar-refractivity contribution in [3.63, 3.8) is 0 Å². The molecule has 0 bridgehead atoms. The second-order valence-corrected chi connectivity index (χ2v) is 5.70. The van der Waals surface area contributed by atoms with Gasteiger partial charge in [0.25, 0.3) is 0 Å². The molecule has 1 fully saturated rings. The number of likely N-dealkylation sites (tertiary alicyclic amines) is 1. The summed E-state index contributed by atoms with van der Waals surface area (Å²) in [7, 11) is 0. The summed E-state index contributed by atoms with van der Waals surface area (Å²) in [5.41, 5.74) is 0. The number of aromatic nitrogens is 3. The Morgan fingerprint density at radius 1 is 1.39 bits per heavy atom. The molecule has 2 rings (SSSR count). The van der Waals surface area contributed by atoms with Gasteiger partial charge >= 0.3 is 6.18 Å². The van der Waals surface area contributed by atoms with E-state index in [0.717, 1.165) is 18.7 Å². The van der Waals surface area contributed by atoms with Gasteiger partial charge in [0, 0.05) is 13.1 Å². The first-order valence-electron chi connectivity index (χ1n) is 7.58. The van der Waals surface area contributed by atoms with Gasteiger partial charge in [0.1, 0.15) is 18.3 Å². The summed E-state index contributed by atoms with van der Waals surface area (Å²) in [4.78, 5) is 18.0. The lowest BCUT2D eigenvalue weighted by molar-refractivity contribution is -0.175. The number of halogens is 3. The third-order valence-corrected chi connectivity index (χ3v) is 3.73. The maximum atomic E-state index is 12.1. The van der Waals surface area contributed by atoms with Crippen LogP contribution >= 0.6 is 0 Å². The topological polar surface area (TPSA) is 60.2 Å². The summed E-state index contributed by atoms with van der Waals surface area (Å²) in [5.74, 6) is 1.30. The molecule has 0 spiro atoms. The Labute approximate surface area is 132 Å². The lowest BCUT2D eigenvalue weighted by atomic mass is 10.1. The predicted molar refractivity (Wildman–Crippen MR) is 75.8 cm³/mol. The zero-order valence-corrected chi connectivity index (χ0v) is 13.3. The van der Waals surface area contributed by atoms with E-state index in [-0.39, 0.29) is 25.0 Å². The Balaban J connectivity index is 1.83. The van der Waals surface area contributed by atoms with Crippen LogP contribution in [-0.2, 0) is 9.53 Å². The van der Waals surface area contributed by atoms with Gasteiger partial charge in [-0.2, -0.15) is 18.3 Å². The van der Waals surface area contributed by atoms with Crippen LogP contribution in [-0.4, -0.2) is 58.1 Å². The van der Waals surface area contributed by atoms with Gasteiger partial charge < -0.3 is 9.64 Å². The van der Waals surface area contributed by atoms with Gasteiger partial charge in [-0.1, -0.05) is 0 Å². The summed E-state index contributed by atoms with van der Waals surface area (Å²) in [6.45, 7) is 3.25. The maximum Gasteiger partial charge on any atom is 0.411 e. The number of piperidine rings is 1. The summed E-state index contributed by atoms with van der Waals surface area (Å²) >= 11 is 0. The van der Waals surface area contributed by atoms with Gasteiger partial charge in [0.2, 0.25) is 5.91 Å². The van der Waals surface area contributed by atoms with Crippen molar-refractivity contribution < 1.29 is 22.7 Å². The van der Waals surface area contributed by atoms with Gasteiger partial charge in [-0.15, -0.1) is 0 Å². The molecule has 1 saturated heterocycles. The van der Waals surface area contributed by atoms with E-state index in [2.05, 4.69) is 14.8 Å². The van der Waals surface area contributed by atoms with Crippen LogP contribution in [0.5, 0.6) is 0 Å². The van der Waals surface area contributed by atoms with Crippen molar-refractivity contribution in [3.8, 4) is 0 Å². The zero-order valence-electron chi connectivity index (χ0n) is 13.3. The van der Waals surface area contributed by atoms with E-state index in [4.69, 9.17) is 0 Å². The lowest BCUT2D eigenvalue weighted by Gasteiger charge is -2.33. The number of ether oxygens (including phenoxy) is 1. The second-order valence-electron chi connectivity index (χ2n) is 5.70. The van der Waals surface area contributed by atoms with Gasteiger partial charge in [0.05, 0.1) is 19.1 Å². The molecule has 0 aromatic carbocycles. The highest BCUT2D eigenvalue weighted by Gasteiger charge is 2.29. The van der Waals surface area contributed by atoms with Crippen LogP contribution in [0.4, 0.5) is 13.2 Å². The molecule has 1 aromatic heterocycles. The fourth-order valence-corrected chi connectivity index (χ4v) is 2.77. The van der Waals surface area contributed by atoms with Gasteiger partial charge in [-0.25, -0.2) is 9.67 Å². The average molecular weight is 334 g/mol. The standard InChI is InChI=1S/C14H21F3N4O2/c1-10-18-11(2)21(19-10)12-4-3-6-20(8-12)13(22)5-7-23-9-14(15,16)17/h12H,3-9H2,1-2H3/t12-/m0/s1. The Bertz CT molecular complexity index is 545. The number of hydrogen-bond acceptors (Lipinski definition) is 4. The van der Waals surface area contributed by atoms with E-state index in [0.29, 0.717) is 18.9 Å². The van der Waals surface area contributed by atoms with Crippen LogP contribution in [0.1, 0.15) is 37.0 Å². The molecule has 0 radical (unpaired) electrons. The highest BCUT2D eigenvalue weighted by atomic mass is 19.4. The third-order valence-electron chi connectivity index (χ3n) is 3.73. The summed E-state index contributed by atoms with van der Waals surface area (Å²) < 4.78 is 42.3. The molecule has 1 atom stereocenters. The normalized spacial score (nSPS) is 19.2. The molecule has 1 aromatic rings. The van der Waals surface area contributed by atoms with Gasteiger partial charge in [0.15, 0.2) is 0 Å². The van der Waals surface area contributed by atoms with Crippen molar-refractivity contribution in [1.29, 1.82) is 0 Å². The Morgan fingerprint density at radius 3 is 2.74 bits per heavy atom. The summed E-state index contributed by atoms with van der Waals surface area (Å²) in [6, 6.07) is 0.0602. The smallest absolute Gasteiger partial charge is 0.372 e. The van der Waals surface area contributed by atoms with Crippen LogP contribution in [0, 0.1) is 13.8 Å². The van der Waals surface area contributed by atoms with Crippen molar-refractivity contribution in [2.24, 2.45) is 0 Å². The van der Waals surface area contributed by atoms with E-state index in [9.17, 15) is 18.0 Å². The van der Waals surface area contributed by atoms with E-state index in [1.54, 1.807) is 4.90 Å². The molecule has 6 nitrogen and oxygen atoms in total. The minimum Gasteiger partial charge on any atom is -0.372 e. The number of rotatable bonds is 5. The van der Waals surface area contributed by atoms with Crippen LogP contribution < -0.4 is 0 Å². The van der Waals surface area contributed by atoms with E-state index in [1.165, 1.54) is 0 Å². The Hall–Kier alpha value is -1.64. The van der Waals surface area contributed by atoms with Crippen LogP contribution in [0.3, 0.4) is 0 Å². The summed E-state index contributed by atoms with van der Waals surface area (Å²) in [6.07, 6.45) is -2.67. The predicted octanol–water partition coefficient (Wildman–Crippen LogP) is 2.03. The molecule has 1 amide bonds. The Morgan fingerprint density at radius 2 is 2.13 bits per heavy atom. The van der Waals surface area contributed by atoms with Crippen molar-refractivity contribution in [1.82, 2.24) is 19.7 Å². The van der Waals surface area contributed by atoms with Crippen LogP contribution in [0.25, 0.3) is 0 Å². The van der Waals surface area contributed by atoms with Crippen LogP contribution in [0.2, 0.25) is 0 Å². The molecule has 2 heterocycles. The zero-order chi connectivity index (χ0) is 17.0. The first kappa shape index (κ1) is 17.7. The van der Waals surface area contributed by atoms with Crippen molar-refractivity contribution in [2.75, 3.05) is 26.3 Å². The van der Waals surface area contributed by atoms with Gasteiger partial charge in [-0.3, -0.25) is 4.79 Å². The fourth-order valence-electron chi connectivity index (χ4n) is 2.77. The molecule has 1 aliphatic rings. The van der Waals surface area contributed by atoms with E-state index >= 15 is 0 Å². The first-order valence-corrected chi connectivity index (χ1v) is 7.58. The quantitative estimate of drug-likeness (QED) is 0.773. The third kappa shape index (κ3) is 5.19. The van der Waals surface area contributed by atoms with Gasteiger partial charge in [-0.05, 0) is 26.7 Å². The number of carbonyl (C=O) groups is 1. The number of aryl methyl sites for hydroxylation is 2. The highest BCUT2D eigenvalue weighted by molar-refractivity contribution is 5.76. The van der Waals surface area contributed by atoms with E-state index in [1.807, 2.05) is 18.5 Å². The molecule has 0 N–H and O–H groups in total. The lowest BCUT2D eigenvalue weighted by Crippen LogP contribution is -2.41. The molecule has 9 heteroatoms. The summed E-state index contributed by atoms with van der Waals surface area (Å²) in [5, 5.41) is 4.35. The number of carbonyl (C=O) groups excluding carboxylic acids is 1. The van der Waals surface area contributed by atoms with Crippen LogP contribution in [0.15, 0.2) is 0 Å². The second kappa shape index (κ2) is 7.29. The molecule has 1 aliphatic heterocycles. The van der Waals surface area contributed by atoms with Crippen molar-refractivity contribution in [2.45, 2.75) is 45.3 Å². The molecule has 0 unspecified atom stereocenters. The number of hydrogen-bond donors (Lipinski definition) is 0. The molecule has 0 aliphatic carbocycles. The minimum atomic E-state index is -4.36. The average Bonchev–Trinajstić information content (AvgIpc) is 2.81. The number of amides is 1. The molecule has 23 heavy (non-hydrogen) atoms. The highest BCUT2D eigenvalue weighted by Crippen LogP contribution is 2.22. The fraction of sp³-hybridized carbons (Fsp3) is 0.786. The maximum absolute atomic E-state index is 12.1. The SMILES string of the molecule is Cc1nc(C)n([C@H]2CCCN(C(=O)CCOCC(F)(F)F)C2)n1. The molecule has 0 saturated carbocycles. The molecular formula is C14H21F3N4O2.